The van der Waals surface area contributed by atoms with Crippen molar-refractivity contribution in [1.29, 1.82) is 0 Å². The summed E-state index contributed by atoms with van der Waals surface area (Å²) in [5.41, 5.74) is 0. The number of hydrogen-bond donors (Lipinski definition) is 1. The summed E-state index contributed by atoms with van der Waals surface area (Å²) < 4.78 is 51.4. The molecule has 7 nitrogen and oxygen atoms in total. The summed E-state index contributed by atoms with van der Waals surface area (Å²) in [5.74, 6) is 0.442. The average molecular weight is 423 g/mol. The number of ether oxygens (including phenoxy) is 4. The SMILES string of the molecule is CCCCC(CC)COCCOCCOCCOCCCCS(=O)(=O)O.[H-].[Na+]. The molecular weight excluding hydrogens is 383 g/mol. The maximum atomic E-state index is 10.5. The predicted octanol–water partition coefficient (Wildman–Crippen LogP) is 0.0537. The summed E-state index contributed by atoms with van der Waals surface area (Å²) in [6.07, 6.45) is 5.90. The molecule has 0 heterocycles. The molecular formula is C18H39NaO7S. The van der Waals surface area contributed by atoms with Crippen LogP contribution in [0.2, 0.25) is 0 Å². The van der Waals surface area contributed by atoms with Gasteiger partial charge in [-0.25, -0.2) is 0 Å². The first-order chi connectivity index (χ1) is 12.5. The fraction of sp³-hybridized carbons (Fsp3) is 1.00. The molecule has 0 aromatic heterocycles. The van der Waals surface area contributed by atoms with Gasteiger partial charge in [-0.3, -0.25) is 4.55 Å². The molecule has 0 rings (SSSR count). The zero-order valence-corrected chi connectivity index (χ0v) is 20.3. The summed E-state index contributed by atoms with van der Waals surface area (Å²) in [5, 5.41) is 0. The topological polar surface area (TPSA) is 91.3 Å². The molecule has 0 aromatic carbocycles. The summed E-state index contributed by atoms with van der Waals surface area (Å²) in [6, 6.07) is 0. The minimum Gasteiger partial charge on any atom is -1.00 e. The Kier molecular flexibility index (Phi) is 23.8. The normalized spacial score (nSPS) is 12.7. The van der Waals surface area contributed by atoms with E-state index in [9.17, 15) is 8.42 Å². The van der Waals surface area contributed by atoms with Gasteiger partial charge < -0.3 is 20.4 Å². The maximum Gasteiger partial charge on any atom is 1.00 e. The van der Waals surface area contributed by atoms with E-state index < -0.39 is 10.1 Å². The summed E-state index contributed by atoms with van der Waals surface area (Å²) in [6.45, 7) is 8.89. The minimum absolute atomic E-state index is 0. The van der Waals surface area contributed by atoms with Gasteiger partial charge in [-0.2, -0.15) is 8.42 Å². The second kappa shape index (κ2) is 21.5. The number of rotatable bonds is 20. The fourth-order valence-corrected chi connectivity index (χ4v) is 2.87. The summed E-state index contributed by atoms with van der Waals surface area (Å²) in [4.78, 5) is 0. The van der Waals surface area contributed by atoms with E-state index in [1.54, 1.807) is 0 Å². The van der Waals surface area contributed by atoms with Gasteiger partial charge >= 0.3 is 29.6 Å². The minimum atomic E-state index is -3.85. The molecule has 0 saturated heterocycles. The summed E-state index contributed by atoms with van der Waals surface area (Å²) in [7, 11) is -3.85. The molecule has 1 atom stereocenters. The average Bonchev–Trinajstić information content (AvgIpc) is 2.60. The van der Waals surface area contributed by atoms with E-state index in [1.807, 2.05) is 0 Å². The van der Waals surface area contributed by atoms with Crippen molar-refractivity contribution in [3.8, 4) is 0 Å². The van der Waals surface area contributed by atoms with Gasteiger partial charge in [-0.05, 0) is 25.2 Å². The van der Waals surface area contributed by atoms with Crippen LogP contribution >= 0.6 is 0 Å². The van der Waals surface area contributed by atoms with Crippen LogP contribution in [0.1, 0.15) is 53.8 Å². The molecule has 1 unspecified atom stereocenters. The Bertz CT molecular complexity index is 399. The maximum absolute atomic E-state index is 10.5. The van der Waals surface area contributed by atoms with Crippen LogP contribution in [0.4, 0.5) is 0 Å². The first-order valence-corrected chi connectivity index (χ1v) is 11.4. The Morgan fingerprint density at radius 1 is 0.815 bits per heavy atom. The van der Waals surface area contributed by atoms with Gasteiger partial charge in [-0.1, -0.05) is 33.1 Å². The molecule has 0 aromatic rings. The van der Waals surface area contributed by atoms with E-state index in [0.717, 1.165) is 13.0 Å². The van der Waals surface area contributed by atoms with Gasteiger partial charge in [0.15, 0.2) is 0 Å². The van der Waals surface area contributed by atoms with E-state index in [4.69, 9.17) is 23.5 Å². The quantitative estimate of drug-likeness (QED) is 0.168. The van der Waals surface area contributed by atoms with Gasteiger partial charge in [0.2, 0.25) is 0 Å². The summed E-state index contributed by atoms with van der Waals surface area (Å²) >= 11 is 0. The Morgan fingerprint density at radius 3 is 1.81 bits per heavy atom. The van der Waals surface area contributed by atoms with Crippen LogP contribution in [0.3, 0.4) is 0 Å². The van der Waals surface area contributed by atoms with E-state index in [-0.39, 0.29) is 36.7 Å². The van der Waals surface area contributed by atoms with Gasteiger partial charge in [0.25, 0.3) is 10.1 Å². The zero-order valence-electron chi connectivity index (χ0n) is 18.5. The number of hydrogen-bond acceptors (Lipinski definition) is 6. The van der Waals surface area contributed by atoms with Crippen molar-refractivity contribution in [2.45, 2.75) is 52.4 Å². The van der Waals surface area contributed by atoms with E-state index in [2.05, 4.69) is 13.8 Å². The van der Waals surface area contributed by atoms with Crippen molar-refractivity contribution >= 4 is 10.1 Å². The fourth-order valence-electron chi connectivity index (χ4n) is 2.30. The van der Waals surface area contributed by atoms with Crippen LogP contribution in [-0.4, -0.2) is 71.6 Å². The third kappa shape index (κ3) is 24.7. The van der Waals surface area contributed by atoms with Crippen molar-refractivity contribution in [2.75, 3.05) is 58.6 Å². The third-order valence-corrected chi connectivity index (χ3v) is 4.76. The van der Waals surface area contributed by atoms with E-state index >= 15 is 0 Å². The van der Waals surface area contributed by atoms with Crippen molar-refractivity contribution < 1.29 is 62.9 Å². The van der Waals surface area contributed by atoms with Crippen LogP contribution in [-0.2, 0) is 29.1 Å². The molecule has 160 valence electrons. The molecule has 0 amide bonds. The Hall–Kier alpha value is 0.750. The molecule has 0 aliphatic carbocycles. The van der Waals surface area contributed by atoms with Gasteiger partial charge in [0, 0.05) is 13.2 Å². The molecule has 0 bridgehead atoms. The second-order valence-corrected chi connectivity index (χ2v) is 7.89. The monoisotopic (exact) mass is 422 g/mol. The molecule has 1 N–H and O–H groups in total. The third-order valence-electron chi connectivity index (χ3n) is 3.95. The first-order valence-electron chi connectivity index (χ1n) is 9.75. The van der Waals surface area contributed by atoms with E-state index in [1.165, 1.54) is 19.3 Å². The molecule has 0 fully saturated rings. The predicted molar refractivity (Wildman–Crippen MR) is 103 cm³/mol. The largest absolute Gasteiger partial charge is 1.00 e. The van der Waals surface area contributed by atoms with Gasteiger partial charge in [-0.15, -0.1) is 0 Å². The molecule has 0 aliphatic rings. The van der Waals surface area contributed by atoms with Crippen molar-refractivity contribution in [3.63, 3.8) is 0 Å². The molecule has 0 saturated carbocycles. The standard InChI is InChI=1S/C18H38O7S.Na.H/c1-3-5-8-18(4-2)17-25-15-14-24-13-12-23-11-10-22-9-6-7-16-26(19,20)21;;/h18H,3-17H2,1-2H3,(H,19,20,21);;/q;+1;-1. The van der Waals surface area contributed by atoms with Crippen LogP contribution in [0.15, 0.2) is 0 Å². The van der Waals surface area contributed by atoms with Crippen LogP contribution in [0.25, 0.3) is 0 Å². The smallest absolute Gasteiger partial charge is 1.00 e. The Morgan fingerprint density at radius 2 is 1.33 bits per heavy atom. The molecule has 0 radical (unpaired) electrons. The first kappa shape index (κ1) is 29.9. The van der Waals surface area contributed by atoms with Crippen LogP contribution in [0.5, 0.6) is 0 Å². The molecule has 0 spiro atoms. The Balaban J connectivity index is -0.00000312. The van der Waals surface area contributed by atoms with Crippen molar-refractivity contribution in [2.24, 2.45) is 5.92 Å². The zero-order chi connectivity index (χ0) is 19.5. The Labute approximate surface area is 189 Å². The van der Waals surface area contributed by atoms with Gasteiger partial charge in [0.1, 0.15) is 0 Å². The van der Waals surface area contributed by atoms with Crippen LogP contribution in [0, 0.1) is 5.92 Å². The van der Waals surface area contributed by atoms with Gasteiger partial charge in [0.05, 0.1) is 45.4 Å². The van der Waals surface area contributed by atoms with Crippen molar-refractivity contribution in [3.05, 3.63) is 0 Å². The van der Waals surface area contributed by atoms with Crippen molar-refractivity contribution in [1.82, 2.24) is 0 Å². The molecule has 0 aliphatic heterocycles. The molecule has 27 heavy (non-hydrogen) atoms. The molecule has 9 heteroatoms. The van der Waals surface area contributed by atoms with Crippen LogP contribution < -0.4 is 29.6 Å². The van der Waals surface area contributed by atoms with E-state index in [0.29, 0.717) is 65.0 Å². The number of unbranched alkanes of at least 4 members (excludes halogenated alkanes) is 2. The second-order valence-electron chi connectivity index (χ2n) is 6.32.